The van der Waals surface area contributed by atoms with Gasteiger partial charge in [0, 0.05) is 0 Å². The highest BCUT2D eigenvalue weighted by Gasteiger charge is 2.53. The SMILES string of the molecule is CCCCCC(CCCC)C1OC2COP(=O)(O)OC2C1O. The zero-order chi connectivity index (χ0) is 16.2. The molecule has 0 aromatic heterocycles. The van der Waals surface area contributed by atoms with Crippen LogP contribution in [0.3, 0.4) is 0 Å². The van der Waals surface area contributed by atoms with Gasteiger partial charge in [0.2, 0.25) is 0 Å². The van der Waals surface area contributed by atoms with Crippen molar-refractivity contribution >= 4 is 7.82 Å². The molecule has 6 atom stereocenters. The number of hydrogen-bond donors (Lipinski definition) is 2. The molecule has 130 valence electrons. The quantitative estimate of drug-likeness (QED) is 0.523. The predicted molar refractivity (Wildman–Crippen MR) is 82.5 cm³/mol. The number of phosphoric acid groups is 1. The van der Waals surface area contributed by atoms with E-state index in [0.29, 0.717) is 0 Å². The van der Waals surface area contributed by atoms with E-state index >= 15 is 0 Å². The second kappa shape index (κ2) is 8.22. The summed E-state index contributed by atoms with van der Waals surface area (Å²) in [6.07, 6.45) is 5.23. The topological polar surface area (TPSA) is 85.2 Å². The Balaban J connectivity index is 1.99. The maximum atomic E-state index is 11.5. The van der Waals surface area contributed by atoms with Crippen LogP contribution in [0, 0.1) is 5.92 Å². The Morgan fingerprint density at radius 3 is 2.55 bits per heavy atom. The summed E-state index contributed by atoms with van der Waals surface area (Å²) in [6.45, 7) is 4.32. The van der Waals surface area contributed by atoms with Crippen molar-refractivity contribution in [3.05, 3.63) is 0 Å². The molecule has 0 bridgehead atoms. The molecule has 7 heteroatoms. The van der Waals surface area contributed by atoms with Gasteiger partial charge in [-0.2, -0.15) is 0 Å². The maximum absolute atomic E-state index is 11.5. The lowest BCUT2D eigenvalue weighted by molar-refractivity contribution is -0.0639. The van der Waals surface area contributed by atoms with Gasteiger partial charge in [0.25, 0.3) is 0 Å². The van der Waals surface area contributed by atoms with Crippen molar-refractivity contribution in [2.45, 2.75) is 83.2 Å². The van der Waals surface area contributed by atoms with E-state index in [0.717, 1.165) is 38.5 Å². The van der Waals surface area contributed by atoms with E-state index in [-0.39, 0.29) is 18.6 Å². The Morgan fingerprint density at radius 1 is 1.18 bits per heavy atom. The number of ether oxygens (including phenoxy) is 1. The molecule has 0 aromatic rings. The van der Waals surface area contributed by atoms with Gasteiger partial charge in [-0.15, -0.1) is 0 Å². The number of aliphatic hydroxyl groups excluding tert-OH is 1. The Hall–Kier alpha value is 0.0300. The molecule has 0 amide bonds. The first kappa shape index (κ1) is 18.4. The van der Waals surface area contributed by atoms with Gasteiger partial charge in [-0.3, -0.25) is 9.05 Å². The van der Waals surface area contributed by atoms with Crippen molar-refractivity contribution in [2.24, 2.45) is 5.92 Å². The van der Waals surface area contributed by atoms with Crippen LogP contribution in [0.15, 0.2) is 0 Å². The third-order valence-corrected chi connectivity index (χ3v) is 5.59. The van der Waals surface area contributed by atoms with Gasteiger partial charge in [0.05, 0.1) is 12.7 Å². The first-order valence-electron chi connectivity index (χ1n) is 8.47. The largest absolute Gasteiger partial charge is 0.472 e. The highest BCUT2D eigenvalue weighted by Crippen LogP contribution is 2.52. The van der Waals surface area contributed by atoms with Gasteiger partial charge >= 0.3 is 7.82 Å². The number of hydrogen-bond acceptors (Lipinski definition) is 5. The van der Waals surface area contributed by atoms with Crippen molar-refractivity contribution in [1.29, 1.82) is 0 Å². The molecule has 6 unspecified atom stereocenters. The third-order valence-electron chi connectivity index (χ3n) is 4.60. The maximum Gasteiger partial charge on any atom is 0.472 e. The van der Waals surface area contributed by atoms with E-state index in [1.807, 2.05) is 0 Å². The summed E-state index contributed by atoms with van der Waals surface area (Å²) in [4.78, 5) is 9.42. The minimum absolute atomic E-state index is 0.00145. The van der Waals surface area contributed by atoms with E-state index in [1.165, 1.54) is 6.42 Å². The van der Waals surface area contributed by atoms with Crippen molar-refractivity contribution in [3.8, 4) is 0 Å². The fraction of sp³-hybridized carbons (Fsp3) is 1.00. The summed E-state index contributed by atoms with van der Waals surface area (Å²) < 4.78 is 27.3. The summed E-state index contributed by atoms with van der Waals surface area (Å²) >= 11 is 0. The lowest BCUT2D eigenvalue weighted by Crippen LogP contribution is -2.40. The van der Waals surface area contributed by atoms with Crippen LogP contribution < -0.4 is 0 Å². The number of unbranched alkanes of at least 4 members (excludes halogenated alkanes) is 3. The lowest BCUT2D eigenvalue weighted by atomic mass is 9.87. The van der Waals surface area contributed by atoms with Gasteiger partial charge in [0.1, 0.15) is 18.3 Å². The molecule has 2 saturated heterocycles. The molecule has 2 N–H and O–H groups in total. The Labute approximate surface area is 132 Å². The molecular formula is C15H29O6P. The smallest absolute Gasteiger partial charge is 0.388 e. The normalized spacial score (nSPS) is 39.6. The second-order valence-electron chi connectivity index (χ2n) is 6.36. The Kier molecular flexibility index (Phi) is 6.87. The minimum Gasteiger partial charge on any atom is -0.388 e. The summed E-state index contributed by atoms with van der Waals surface area (Å²) in [7, 11) is -4.04. The second-order valence-corrected chi connectivity index (χ2v) is 7.77. The van der Waals surface area contributed by atoms with Crippen LogP contribution in [0.5, 0.6) is 0 Å². The molecule has 6 nitrogen and oxygen atoms in total. The molecule has 2 heterocycles. The minimum atomic E-state index is -4.04. The van der Waals surface area contributed by atoms with E-state index in [2.05, 4.69) is 13.8 Å². The fourth-order valence-electron chi connectivity index (χ4n) is 3.37. The number of rotatable bonds is 8. The van der Waals surface area contributed by atoms with E-state index in [4.69, 9.17) is 13.8 Å². The van der Waals surface area contributed by atoms with Gasteiger partial charge in [-0.1, -0.05) is 46.0 Å². The molecular weight excluding hydrogens is 307 g/mol. The van der Waals surface area contributed by atoms with Crippen molar-refractivity contribution in [2.75, 3.05) is 6.61 Å². The fourth-order valence-corrected chi connectivity index (χ4v) is 4.33. The summed E-state index contributed by atoms with van der Waals surface area (Å²) in [5.41, 5.74) is 0. The highest BCUT2D eigenvalue weighted by molar-refractivity contribution is 7.47. The summed E-state index contributed by atoms with van der Waals surface area (Å²) in [6, 6.07) is 0. The van der Waals surface area contributed by atoms with Crippen molar-refractivity contribution in [3.63, 3.8) is 0 Å². The molecule has 2 fully saturated rings. The molecule has 2 aliphatic rings. The van der Waals surface area contributed by atoms with Crippen LogP contribution >= 0.6 is 7.82 Å². The third kappa shape index (κ3) is 4.53. The van der Waals surface area contributed by atoms with Gasteiger partial charge in [0.15, 0.2) is 0 Å². The molecule has 0 spiro atoms. The van der Waals surface area contributed by atoms with Crippen molar-refractivity contribution in [1.82, 2.24) is 0 Å². The highest BCUT2D eigenvalue weighted by atomic mass is 31.2. The van der Waals surface area contributed by atoms with E-state index in [1.54, 1.807) is 0 Å². The zero-order valence-electron chi connectivity index (χ0n) is 13.5. The first-order chi connectivity index (χ1) is 10.5. The van der Waals surface area contributed by atoms with Crippen LogP contribution in [0.4, 0.5) is 0 Å². The van der Waals surface area contributed by atoms with Crippen LogP contribution in [-0.2, 0) is 18.3 Å². The van der Waals surface area contributed by atoms with E-state index < -0.39 is 26.1 Å². The van der Waals surface area contributed by atoms with Gasteiger partial charge in [-0.25, -0.2) is 4.57 Å². The summed E-state index contributed by atoms with van der Waals surface area (Å²) in [5, 5.41) is 10.5. The summed E-state index contributed by atoms with van der Waals surface area (Å²) in [5.74, 6) is 0.258. The van der Waals surface area contributed by atoms with Crippen molar-refractivity contribution < 1.29 is 28.3 Å². The molecule has 0 radical (unpaired) electrons. The molecule has 22 heavy (non-hydrogen) atoms. The monoisotopic (exact) mass is 336 g/mol. The lowest BCUT2D eigenvalue weighted by Gasteiger charge is -2.28. The molecule has 0 aliphatic carbocycles. The Bertz CT molecular complexity index is 390. The Morgan fingerprint density at radius 2 is 1.86 bits per heavy atom. The van der Waals surface area contributed by atoms with Gasteiger partial charge in [-0.05, 0) is 18.8 Å². The van der Waals surface area contributed by atoms with E-state index in [9.17, 15) is 14.6 Å². The first-order valence-corrected chi connectivity index (χ1v) is 9.97. The molecule has 0 saturated carbocycles. The predicted octanol–water partition coefficient (Wildman–Crippen LogP) is 3.02. The molecule has 2 aliphatic heterocycles. The number of fused-ring (bicyclic) bond motifs is 1. The average molecular weight is 336 g/mol. The average Bonchev–Trinajstić information content (AvgIpc) is 2.79. The van der Waals surface area contributed by atoms with Crippen LogP contribution in [0.2, 0.25) is 0 Å². The zero-order valence-corrected chi connectivity index (χ0v) is 14.4. The number of aliphatic hydroxyl groups is 1. The van der Waals surface area contributed by atoms with Gasteiger partial charge < -0.3 is 14.7 Å². The van der Waals surface area contributed by atoms with Crippen LogP contribution in [0.1, 0.15) is 58.8 Å². The van der Waals surface area contributed by atoms with Crippen LogP contribution in [-0.4, -0.2) is 41.0 Å². The van der Waals surface area contributed by atoms with Crippen LogP contribution in [0.25, 0.3) is 0 Å². The molecule has 2 rings (SSSR count). The molecule has 0 aromatic carbocycles. The number of phosphoric ester groups is 1. The standard InChI is InChI=1S/C15H29O6P/c1-3-5-7-9-11(8-6-4-2)14-13(16)15-12(20-14)10-19-22(17,18)21-15/h11-16H,3-10H2,1-2H3,(H,17,18).